The topological polar surface area (TPSA) is 95.7 Å². The fraction of sp³-hybridized carbons (Fsp3) is 0.231. The minimum absolute atomic E-state index is 0.0863. The molecule has 0 saturated carbocycles. The highest BCUT2D eigenvalue weighted by Gasteiger charge is 2.12. The van der Waals surface area contributed by atoms with Crippen molar-refractivity contribution in [1.82, 2.24) is 0 Å². The molecule has 0 aromatic heterocycles. The molecule has 7 nitrogen and oxygen atoms in total. The van der Waals surface area contributed by atoms with Gasteiger partial charge in [-0.05, 0) is 11.6 Å². The van der Waals surface area contributed by atoms with Crippen LogP contribution >= 0.6 is 0 Å². The number of hydrogen-bond donors (Lipinski definition) is 0. The first-order valence-electron chi connectivity index (χ1n) is 5.60. The highest BCUT2D eigenvalue weighted by molar-refractivity contribution is 5.94. The molecule has 7 heteroatoms. The molecule has 0 aliphatic rings. The van der Waals surface area contributed by atoms with Crippen LogP contribution in [0.1, 0.15) is 12.5 Å². The SMILES string of the molecule is COC(=O)/C(=C\c1cccc([N+](=O)[O-])c1)COC(C)=O. The van der Waals surface area contributed by atoms with E-state index in [1.165, 1.54) is 38.3 Å². The van der Waals surface area contributed by atoms with Crippen LogP contribution in [0.25, 0.3) is 6.08 Å². The van der Waals surface area contributed by atoms with Crippen LogP contribution in [0.3, 0.4) is 0 Å². The molecule has 0 aliphatic carbocycles. The quantitative estimate of drug-likeness (QED) is 0.352. The number of hydrogen-bond acceptors (Lipinski definition) is 6. The number of carbonyl (C=O) groups is 2. The van der Waals surface area contributed by atoms with Crippen molar-refractivity contribution in [2.24, 2.45) is 0 Å². The average Bonchev–Trinajstić information content (AvgIpc) is 2.42. The lowest BCUT2D eigenvalue weighted by atomic mass is 10.1. The third-order valence-electron chi connectivity index (χ3n) is 2.30. The van der Waals surface area contributed by atoms with Crippen LogP contribution in [0.15, 0.2) is 29.8 Å². The fourth-order valence-electron chi connectivity index (χ4n) is 1.40. The van der Waals surface area contributed by atoms with Crippen molar-refractivity contribution < 1.29 is 24.0 Å². The highest BCUT2D eigenvalue weighted by Crippen LogP contribution is 2.16. The lowest BCUT2D eigenvalue weighted by Gasteiger charge is -2.06. The molecule has 0 spiro atoms. The standard InChI is InChI=1S/C13H13NO6/c1-9(15)20-8-11(13(16)19-2)6-10-4-3-5-12(7-10)14(17)18/h3-7H,8H2,1-2H3/b11-6-. The maximum absolute atomic E-state index is 11.5. The zero-order valence-corrected chi connectivity index (χ0v) is 11.0. The summed E-state index contributed by atoms with van der Waals surface area (Å²) in [4.78, 5) is 32.4. The Bertz CT molecular complexity index is 564. The average molecular weight is 279 g/mol. The Labute approximate surface area is 114 Å². The summed E-state index contributed by atoms with van der Waals surface area (Å²) >= 11 is 0. The Morgan fingerprint density at radius 2 is 2.10 bits per heavy atom. The third kappa shape index (κ3) is 4.52. The van der Waals surface area contributed by atoms with E-state index in [-0.39, 0.29) is 17.9 Å². The third-order valence-corrected chi connectivity index (χ3v) is 2.30. The predicted octanol–water partition coefficient (Wildman–Crippen LogP) is 1.71. The first-order chi connectivity index (χ1) is 9.43. The maximum atomic E-state index is 11.5. The van der Waals surface area contributed by atoms with Crippen molar-refractivity contribution in [3.05, 3.63) is 45.5 Å². The normalized spacial score (nSPS) is 10.8. The second-order valence-electron chi connectivity index (χ2n) is 3.79. The molecule has 0 bridgehead atoms. The van der Waals surface area contributed by atoms with Gasteiger partial charge in [0.25, 0.3) is 5.69 Å². The van der Waals surface area contributed by atoms with E-state index in [0.29, 0.717) is 5.56 Å². The summed E-state index contributed by atoms with van der Waals surface area (Å²) in [5.41, 5.74) is 0.422. The first kappa shape index (κ1) is 15.4. The number of nitro benzene ring substituents is 1. The lowest BCUT2D eigenvalue weighted by Crippen LogP contribution is -2.12. The molecule has 20 heavy (non-hydrogen) atoms. The summed E-state index contributed by atoms with van der Waals surface area (Å²) < 4.78 is 9.30. The predicted molar refractivity (Wildman–Crippen MR) is 69.7 cm³/mol. The Balaban J connectivity index is 3.05. The van der Waals surface area contributed by atoms with Gasteiger partial charge in [-0.25, -0.2) is 4.79 Å². The van der Waals surface area contributed by atoms with Gasteiger partial charge in [0, 0.05) is 19.1 Å². The summed E-state index contributed by atoms with van der Waals surface area (Å²) in [7, 11) is 1.19. The molecule has 1 aromatic carbocycles. The number of nitrogens with zero attached hydrogens (tertiary/aromatic N) is 1. The van der Waals surface area contributed by atoms with Gasteiger partial charge in [0.05, 0.1) is 17.6 Å². The molecule has 0 N–H and O–H groups in total. The summed E-state index contributed by atoms with van der Waals surface area (Å²) in [6.07, 6.45) is 1.38. The van der Waals surface area contributed by atoms with Crippen LogP contribution in [0.2, 0.25) is 0 Å². The minimum atomic E-state index is -0.669. The molecule has 0 aliphatic heterocycles. The number of rotatable bonds is 5. The van der Waals surface area contributed by atoms with Gasteiger partial charge in [-0.3, -0.25) is 14.9 Å². The van der Waals surface area contributed by atoms with Gasteiger partial charge in [-0.15, -0.1) is 0 Å². The molecule has 1 aromatic rings. The molecule has 1 rings (SSSR count). The van der Waals surface area contributed by atoms with Crippen molar-refractivity contribution in [1.29, 1.82) is 0 Å². The smallest absolute Gasteiger partial charge is 0.337 e. The summed E-state index contributed by atoms with van der Waals surface area (Å²) in [5.74, 6) is -1.21. The number of methoxy groups -OCH3 is 1. The van der Waals surface area contributed by atoms with Gasteiger partial charge < -0.3 is 9.47 Å². The maximum Gasteiger partial charge on any atom is 0.337 e. The van der Waals surface area contributed by atoms with E-state index in [1.54, 1.807) is 6.07 Å². The van der Waals surface area contributed by atoms with Gasteiger partial charge in [-0.2, -0.15) is 0 Å². The largest absolute Gasteiger partial charge is 0.466 e. The molecule has 0 atom stereocenters. The molecular formula is C13H13NO6. The minimum Gasteiger partial charge on any atom is -0.466 e. The van der Waals surface area contributed by atoms with E-state index in [9.17, 15) is 19.7 Å². The van der Waals surface area contributed by atoms with Gasteiger partial charge >= 0.3 is 11.9 Å². The first-order valence-corrected chi connectivity index (χ1v) is 5.60. The monoisotopic (exact) mass is 279 g/mol. The van der Waals surface area contributed by atoms with Crippen molar-refractivity contribution in [2.75, 3.05) is 13.7 Å². The van der Waals surface area contributed by atoms with Crippen molar-refractivity contribution in [3.63, 3.8) is 0 Å². The van der Waals surface area contributed by atoms with Crippen molar-refractivity contribution >= 4 is 23.7 Å². The number of ether oxygens (including phenoxy) is 2. The van der Waals surface area contributed by atoms with E-state index < -0.39 is 16.9 Å². The molecule has 0 saturated heterocycles. The Morgan fingerprint density at radius 1 is 1.40 bits per heavy atom. The Morgan fingerprint density at radius 3 is 2.65 bits per heavy atom. The zero-order valence-electron chi connectivity index (χ0n) is 11.0. The Hall–Kier alpha value is -2.70. The van der Waals surface area contributed by atoms with Gasteiger partial charge in [0.15, 0.2) is 0 Å². The summed E-state index contributed by atoms with van der Waals surface area (Å²) in [6, 6.07) is 5.71. The van der Waals surface area contributed by atoms with Crippen LogP contribution in [-0.4, -0.2) is 30.6 Å². The molecule has 0 heterocycles. The van der Waals surface area contributed by atoms with Gasteiger partial charge in [-0.1, -0.05) is 12.1 Å². The highest BCUT2D eigenvalue weighted by atomic mass is 16.6. The molecule has 0 fully saturated rings. The zero-order chi connectivity index (χ0) is 15.1. The van der Waals surface area contributed by atoms with Crippen LogP contribution < -0.4 is 0 Å². The van der Waals surface area contributed by atoms with E-state index in [2.05, 4.69) is 4.74 Å². The molecule has 0 amide bonds. The van der Waals surface area contributed by atoms with Crippen LogP contribution in [0.5, 0.6) is 0 Å². The van der Waals surface area contributed by atoms with Crippen molar-refractivity contribution in [2.45, 2.75) is 6.92 Å². The number of benzene rings is 1. The van der Waals surface area contributed by atoms with Crippen LogP contribution in [-0.2, 0) is 19.1 Å². The van der Waals surface area contributed by atoms with Crippen LogP contribution in [0.4, 0.5) is 5.69 Å². The van der Waals surface area contributed by atoms with Crippen molar-refractivity contribution in [3.8, 4) is 0 Å². The molecule has 0 radical (unpaired) electrons. The summed E-state index contributed by atoms with van der Waals surface area (Å²) in [6.45, 7) is 0.951. The molecule has 106 valence electrons. The second kappa shape index (κ2) is 7.03. The number of esters is 2. The number of carbonyl (C=O) groups excluding carboxylic acids is 2. The van der Waals surface area contributed by atoms with E-state index >= 15 is 0 Å². The molecule has 0 unspecified atom stereocenters. The van der Waals surface area contributed by atoms with E-state index in [1.807, 2.05) is 0 Å². The number of non-ortho nitro benzene ring substituents is 1. The second-order valence-corrected chi connectivity index (χ2v) is 3.79. The van der Waals surface area contributed by atoms with Gasteiger partial charge in [0.1, 0.15) is 6.61 Å². The summed E-state index contributed by atoms with van der Waals surface area (Å²) in [5, 5.41) is 10.7. The molecular weight excluding hydrogens is 266 g/mol. The van der Waals surface area contributed by atoms with Gasteiger partial charge in [0.2, 0.25) is 0 Å². The number of nitro groups is 1. The Kier molecular flexibility index (Phi) is 5.40. The fourth-order valence-corrected chi connectivity index (χ4v) is 1.40. The van der Waals surface area contributed by atoms with E-state index in [4.69, 9.17) is 4.74 Å². The lowest BCUT2D eigenvalue weighted by molar-refractivity contribution is -0.384. The van der Waals surface area contributed by atoms with Crippen LogP contribution in [0, 0.1) is 10.1 Å². The van der Waals surface area contributed by atoms with E-state index in [0.717, 1.165) is 0 Å².